The molecule has 0 spiro atoms. The van der Waals surface area contributed by atoms with E-state index in [9.17, 15) is 0 Å². The minimum Gasteiger partial charge on any atom is -0.384 e. The summed E-state index contributed by atoms with van der Waals surface area (Å²) >= 11 is 0. The predicted molar refractivity (Wildman–Crippen MR) is 78.6 cm³/mol. The molecule has 0 bridgehead atoms. The smallest absolute Gasteiger partial charge is 0.158 e. The number of piperidine rings is 1. The Labute approximate surface area is 120 Å². The van der Waals surface area contributed by atoms with Crippen LogP contribution in [0.5, 0.6) is 0 Å². The molecule has 1 saturated heterocycles. The predicted octanol–water partition coefficient (Wildman–Crippen LogP) is 1.46. The van der Waals surface area contributed by atoms with Crippen LogP contribution in [0.4, 0.5) is 11.6 Å². The van der Waals surface area contributed by atoms with Crippen molar-refractivity contribution in [1.29, 1.82) is 0 Å². The largest absolute Gasteiger partial charge is 0.384 e. The molecule has 112 valence electrons. The summed E-state index contributed by atoms with van der Waals surface area (Å²) < 4.78 is 10.6. The fourth-order valence-corrected chi connectivity index (χ4v) is 2.57. The van der Waals surface area contributed by atoms with Crippen molar-refractivity contribution in [3.63, 3.8) is 0 Å². The molecule has 1 aliphatic heterocycles. The van der Waals surface area contributed by atoms with Crippen LogP contribution < -0.4 is 10.6 Å². The minimum atomic E-state index is 0.407. The van der Waals surface area contributed by atoms with Gasteiger partial charge in [0.05, 0.1) is 6.61 Å². The van der Waals surface area contributed by atoms with Crippen molar-refractivity contribution in [1.82, 2.24) is 9.97 Å². The van der Waals surface area contributed by atoms with E-state index in [1.807, 2.05) is 13.0 Å². The molecule has 0 aromatic carbocycles. The SMILES string of the molecule is CCOCc1nc(N)cc(N2CCCC(COC)C2)n1. The maximum Gasteiger partial charge on any atom is 0.158 e. The van der Waals surface area contributed by atoms with Crippen molar-refractivity contribution in [3.05, 3.63) is 11.9 Å². The maximum atomic E-state index is 5.87. The number of anilines is 2. The monoisotopic (exact) mass is 280 g/mol. The third-order valence-electron chi connectivity index (χ3n) is 3.46. The van der Waals surface area contributed by atoms with Crippen LogP contribution in [0, 0.1) is 5.92 Å². The Bertz CT molecular complexity index is 426. The van der Waals surface area contributed by atoms with Gasteiger partial charge in [-0.1, -0.05) is 0 Å². The topological polar surface area (TPSA) is 73.5 Å². The third-order valence-corrected chi connectivity index (χ3v) is 3.46. The van der Waals surface area contributed by atoms with Gasteiger partial charge in [0.25, 0.3) is 0 Å². The molecule has 1 aromatic rings. The van der Waals surface area contributed by atoms with Gasteiger partial charge in [0.2, 0.25) is 0 Å². The number of nitrogens with two attached hydrogens (primary N) is 1. The van der Waals surface area contributed by atoms with Gasteiger partial charge in [-0.15, -0.1) is 0 Å². The summed E-state index contributed by atoms with van der Waals surface area (Å²) in [6, 6.07) is 1.84. The van der Waals surface area contributed by atoms with E-state index in [-0.39, 0.29) is 0 Å². The zero-order valence-electron chi connectivity index (χ0n) is 12.3. The highest BCUT2D eigenvalue weighted by Gasteiger charge is 2.21. The van der Waals surface area contributed by atoms with Gasteiger partial charge in [0.15, 0.2) is 5.82 Å². The quantitative estimate of drug-likeness (QED) is 0.850. The zero-order valence-corrected chi connectivity index (χ0v) is 12.3. The number of nitrogens with zero attached hydrogens (tertiary/aromatic N) is 3. The number of methoxy groups -OCH3 is 1. The Morgan fingerprint density at radius 3 is 3.05 bits per heavy atom. The van der Waals surface area contributed by atoms with Gasteiger partial charge < -0.3 is 20.1 Å². The van der Waals surface area contributed by atoms with Crippen molar-refractivity contribution < 1.29 is 9.47 Å². The van der Waals surface area contributed by atoms with E-state index in [1.165, 1.54) is 6.42 Å². The first-order valence-corrected chi connectivity index (χ1v) is 7.18. The second kappa shape index (κ2) is 7.40. The van der Waals surface area contributed by atoms with Gasteiger partial charge in [-0.2, -0.15) is 0 Å². The van der Waals surface area contributed by atoms with Crippen molar-refractivity contribution in [2.75, 3.05) is 44.0 Å². The van der Waals surface area contributed by atoms with Crippen molar-refractivity contribution in [2.24, 2.45) is 5.92 Å². The van der Waals surface area contributed by atoms with E-state index in [4.69, 9.17) is 15.2 Å². The molecule has 1 fully saturated rings. The Kier molecular flexibility index (Phi) is 5.55. The molecule has 20 heavy (non-hydrogen) atoms. The lowest BCUT2D eigenvalue weighted by Gasteiger charge is -2.33. The lowest BCUT2D eigenvalue weighted by molar-refractivity contribution is 0.128. The average molecular weight is 280 g/mol. The molecule has 0 amide bonds. The van der Waals surface area contributed by atoms with Crippen LogP contribution in [0.3, 0.4) is 0 Å². The van der Waals surface area contributed by atoms with Gasteiger partial charge in [-0.3, -0.25) is 0 Å². The number of aromatic nitrogens is 2. The maximum absolute atomic E-state index is 5.87. The standard InChI is InChI=1S/C14H24N4O2/c1-3-20-10-13-16-12(15)7-14(17-13)18-6-4-5-11(8-18)9-19-2/h7,11H,3-6,8-10H2,1-2H3,(H2,15,16,17). The second-order valence-electron chi connectivity index (χ2n) is 5.11. The summed E-state index contributed by atoms with van der Waals surface area (Å²) in [4.78, 5) is 11.0. The van der Waals surface area contributed by atoms with Crippen LogP contribution in [0.1, 0.15) is 25.6 Å². The first-order chi connectivity index (χ1) is 9.72. The molecule has 1 aliphatic rings. The van der Waals surface area contributed by atoms with Gasteiger partial charge in [-0.25, -0.2) is 9.97 Å². The van der Waals surface area contributed by atoms with E-state index >= 15 is 0 Å². The molecular weight excluding hydrogens is 256 g/mol. The molecule has 1 atom stereocenters. The molecule has 6 nitrogen and oxygen atoms in total. The highest BCUT2D eigenvalue weighted by atomic mass is 16.5. The number of hydrogen-bond donors (Lipinski definition) is 1. The molecule has 0 radical (unpaired) electrons. The summed E-state index contributed by atoms with van der Waals surface area (Å²) in [6.45, 7) is 5.76. The van der Waals surface area contributed by atoms with E-state index in [2.05, 4.69) is 14.9 Å². The number of rotatable bonds is 6. The van der Waals surface area contributed by atoms with Crippen molar-refractivity contribution >= 4 is 11.6 Å². The van der Waals surface area contributed by atoms with Crippen molar-refractivity contribution in [2.45, 2.75) is 26.4 Å². The van der Waals surface area contributed by atoms with Crippen LogP contribution in [-0.2, 0) is 16.1 Å². The van der Waals surface area contributed by atoms with E-state index in [0.29, 0.717) is 30.8 Å². The molecule has 1 unspecified atom stereocenters. The Balaban J connectivity index is 2.08. The van der Waals surface area contributed by atoms with Crippen molar-refractivity contribution in [3.8, 4) is 0 Å². The van der Waals surface area contributed by atoms with Crippen LogP contribution >= 0.6 is 0 Å². The highest BCUT2D eigenvalue weighted by Crippen LogP contribution is 2.23. The first kappa shape index (κ1) is 15.0. The van der Waals surface area contributed by atoms with Crippen LogP contribution in [0.15, 0.2) is 6.07 Å². The van der Waals surface area contributed by atoms with Crippen LogP contribution in [0.25, 0.3) is 0 Å². The fourth-order valence-electron chi connectivity index (χ4n) is 2.57. The summed E-state index contributed by atoms with van der Waals surface area (Å²) in [5.41, 5.74) is 5.87. The lowest BCUT2D eigenvalue weighted by Crippen LogP contribution is -2.37. The highest BCUT2D eigenvalue weighted by molar-refractivity contribution is 5.47. The number of hydrogen-bond acceptors (Lipinski definition) is 6. The van der Waals surface area contributed by atoms with E-state index in [1.54, 1.807) is 7.11 Å². The molecule has 2 heterocycles. The van der Waals surface area contributed by atoms with Gasteiger partial charge >= 0.3 is 0 Å². The Morgan fingerprint density at radius 1 is 1.45 bits per heavy atom. The molecule has 6 heteroatoms. The molecule has 1 aromatic heterocycles. The fraction of sp³-hybridized carbons (Fsp3) is 0.714. The Morgan fingerprint density at radius 2 is 2.30 bits per heavy atom. The van der Waals surface area contributed by atoms with Gasteiger partial charge in [-0.05, 0) is 25.7 Å². The summed E-state index contributed by atoms with van der Waals surface area (Å²) in [6.07, 6.45) is 2.36. The molecular formula is C14H24N4O2. The molecule has 2 N–H and O–H groups in total. The minimum absolute atomic E-state index is 0.407. The number of ether oxygens (including phenoxy) is 2. The summed E-state index contributed by atoms with van der Waals surface area (Å²) in [7, 11) is 1.75. The van der Waals surface area contributed by atoms with Gasteiger partial charge in [0, 0.05) is 32.9 Å². The normalized spacial score (nSPS) is 19.3. The van der Waals surface area contributed by atoms with E-state index < -0.39 is 0 Å². The zero-order chi connectivity index (χ0) is 14.4. The van der Waals surface area contributed by atoms with E-state index in [0.717, 1.165) is 31.9 Å². The summed E-state index contributed by atoms with van der Waals surface area (Å²) in [5, 5.41) is 0. The van der Waals surface area contributed by atoms with Crippen LogP contribution in [-0.4, -0.2) is 43.4 Å². The average Bonchev–Trinajstić information content (AvgIpc) is 2.45. The Hall–Kier alpha value is -1.40. The van der Waals surface area contributed by atoms with Crippen LogP contribution in [0.2, 0.25) is 0 Å². The third kappa shape index (κ3) is 4.05. The summed E-state index contributed by atoms with van der Waals surface area (Å²) in [5.74, 6) is 2.60. The molecule has 0 aliphatic carbocycles. The van der Waals surface area contributed by atoms with Gasteiger partial charge in [0.1, 0.15) is 18.2 Å². The second-order valence-corrected chi connectivity index (χ2v) is 5.11. The first-order valence-electron chi connectivity index (χ1n) is 7.18. The number of nitrogen functional groups attached to an aromatic ring is 1. The lowest BCUT2D eigenvalue weighted by atomic mass is 9.99. The molecule has 2 rings (SSSR count). The molecule has 0 saturated carbocycles.